The predicted octanol–water partition coefficient (Wildman–Crippen LogP) is 2.72. The molecule has 25 heavy (non-hydrogen) atoms. The van der Waals surface area contributed by atoms with Crippen molar-refractivity contribution in [2.24, 2.45) is 0 Å². The first-order valence-corrected chi connectivity index (χ1v) is 9.99. The lowest BCUT2D eigenvalue weighted by Crippen LogP contribution is -2.36. The topological polar surface area (TPSA) is 53.4 Å². The molecule has 0 unspecified atom stereocenters. The van der Waals surface area contributed by atoms with Crippen LogP contribution in [0.2, 0.25) is 0 Å². The molecule has 0 spiro atoms. The molecular formula is C20H33N5. The van der Waals surface area contributed by atoms with Crippen LogP contribution < -0.4 is 16.0 Å². The number of nitrogens with zero attached hydrogens (tertiary/aromatic N) is 2. The smallest absolute Gasteiger partial charge is 0.136 e. The van der Waals surface area contributed by atoms with Gasteiger partial charge in [0.25, 0.3) is 0 Å². The van der Waals surface area contributed by atoms with Gasteiger partial charge in [0.2, 0.25) is 0 Å². The standard InChI is InChI=1S/C20H33N5/c1-2-8-18(9-3-1)23-14-13-21-11-5-6-12-22-16-19-17-24-20-10-4-7-15-25(19)20/h4,7,10,15,17-18,21-23H,1-3,5-6,8-9,11-14,16H2. The second-order valence-corrected chi connectivity index (χ2v) is 7.10. The first-order valence-electron chi connectivity index (χ1n) is 9.99. The van der Waals surface area contributed by atoms with Crippen LogP contribution in [0.3, 0.4) is 0 Å². The Morgan fingerprint density at radius 2 is 1.80 bits per heavy atom. The van der Waals surface area contributed by atoms with Crippen LogP contribution in [0.1, 0.15) is 50.6 Å². The Balaban J connectivity index is 1.16. The maximum atomic E-state index is 4.42. The molecule has 5 heteroatoms. The maximum absolute atomic E-state index is 4.42. The van der Waals surface area contributed by atoms with Gasteiger partial charge >= 0.3 is 0 Å². The number of aromatic nitrogens is 2. The average molecular weight is 344 g/mol. The molecule has 2 aromatic heterocycles. The maximum Gasteiger partial charge on any atom is 0.136 e. The van der Waals surface area contributed by atoms with Crippen LogP contribution in [-0.4, -0.2) is 41.6 Å². The van der Waals surface area contributed by atoms with E-state index in [1.807, 2.05) is 24.4 Å². The van der Waals surface area contributed by atoms with Crippen LogP contribution in [0.25, 0.3) is 5.65 Å². The van der Waals surface area contributed by atoms with Gasteiger partial charge < -0.3 is 20.4 Å². The van der Waals surface area contributed by atoms with Gasteiger partial charge in [-0.1, -0.05) is 25.3 Å². The summed E-state index contributed by atoms with van der Waals surface area (Å²) in [5.41, 5.74) is 2.24. The molecule has 1 aliphatic rings. The lowest BCUT2D eigenvalue weighted by molar-refractivity contribution is 0.372. The molecule has 1 fully saturated rings. The second kappa shape index (κ2) is 10.5. The monoisotopic (exact) mass is 343 g/mol. The zero-order valence-electron chi connectivity index (χ0n) is 15.3. The molecule has 1 saturated carbocycles. The molecule has 1 aliphatic carbocycles. The summed E-state index contributed by atoms with van der Waals surface area (Å²) in [5, 5.41) is 10.8. The van der Waals surface area contributed by atoms with Crippen molar-refractivity contribution in [3.63, 3.8) is 0 Å². The van der Waals surface area contributed by atoms with Crippen LogP contribution >= 0.6 is 0 Å². The summed E-state index contributed by atoms with van der Waals surface area (Å²) in [6, 6.07) is 6.89. The minimum Gasteiger partial charge on any atom is -0.315 e. The van der Waals surface area contributed by atoms with Crippen LogP contribution in [0, 0.1) is 0 Å². The summed E-state index contributed by atoms with van der Waals surface area (Å²) in [6.07, 6.45) is 13.5. The van der Waals surface area contributed by atoms with Crippen LogP contribution in [0.4, 0.5) is 0 Å². The summed E-state index contributed by atoms with van der Waals surface area (Å²) in [6.45, 7) is 5.25. The lowest BCUT2D eigenvalue weighted by atomic mass is 9.95. The number of fused-ring (bicyclic) bond motifs is 1. The zero-order valence-corrected chi connectivity index (χ0v) is 15.3. The van der Waals surface area contributed by atoms with E-state index < -0.39 is 0 Å². The van der Waals surface area contributed by atoms with E-state index in [0.29, 0.717) is 0 Å². The van der Waals surface area contributed by atoms with Crippen molar-refractivity contribution >= 4 is 5.65 Å². The molecular weight excluding hydrogens is 310 g/mol. The predicted molar refractivity (Wildman–Crippen MR) is 104 cm³/mol. The molecule has 3 N–H and O–H groups in total. The molecule has 2 aromatic rings. The number of pyridine rings is 1. The zero-order chi connectivity index (χ0) is 17.2. The van der Waals surface area contributed by atoms with E-state index in [1.54, 1.807) is 0 Å². The van der Waals surface area contributed by atoms with Crippen molar-refractivity contribution in [2.75, 3.05) is 26.2 Å². The highest BCUT2D eigenvalue weighted by molar-refractivity contribution is 5.39. The van der Waals surface area contributed by atoms with Crippen LogP contribution in [-0.2, 0) is 6.54 Å². The fraction of sp³-hybridized carbons (Fsp3) is 0.650. The van der Waals surface area contributed by atoms with Crippen molar-refractivity contribution in [3.8, 4) is 0 Å². The summed E-state index contributed by atoms with van der Waals surface area (Å²) in [4.78, 5) is 4.42. The van der Waals surface area contributed by atoms with E-state index in [4.69, 9.17) is 0 Å². The first kappa shape index (κ1) is 18.4. The van der Waals surface area contributed by atoms with Crippen LogP contribution in [0.15, 0.2) is 30.6 Å². The molecule has 0 amide bonds. The molecule has 2 heterocycles. The summed E-state index contributed by atoms with van der Waals surface area (Å²) in [7, 11) is 0. The minimum absolute atomic E-state index is 0.777. The van der Waals surface area contributed by atoms with Gasteiger partial charge in [0.05, 0.1) is 11.9 Å². The highest BCUT2D eigenvalue weighted by Gasteiger charge is 2.11. The van der Waals surface area contributed by atoms with E-state index in [-0.39, 0.29) is 0 Å². The molecule has 0 radical (unpaired) electrons. The van der Waals surface area contributed by atoms with Crippen molar-refractivity contribution in [3.05, 3.63) is 36.3 Å². The number of hydrogen-bond donors (Lipinski definition) is 3. The van der Waals surface area contributed by atoms with E-state index >= 15 is 0 Å². The Morgan fingerprint density at radius 1 is 0.960 bits per heavy atom. The van der Waals surface area contributed by atoms with Crippen molar-refractivity contribution < 1.29 is 0 Å². The molecule has 0 bridgehead atoms. The second-order valence-electron chi connectivity index (χ2n) is 7.10. The van der Waals surface area contributed by atoms with Gasteiger partial charge in [0.15, 0.2) is 0 Å². The van der Waals surface area contributed by atoms with E-state index in [9.17, 15) is 0 Å². The molecule has 3 rings (SSSR count). The Kier molecular flexibility index (Phi) is 7.74. The molecule has 5 nitrogen and oxygen atoms in total. The Hall–Kier alpha value is -1.43. The van der Waals surface area contributed by atoms with Crippen LogP contribution in [0.5, 0.6) is 0 Å². The number of nitrogens with one attached hydrogen (secondary N) is 3. The van der Waals surface area contributed by atoms with Crippen molar-refractivity contribution in [1.29, 1.82) is 0 Å². The highest BCUT2D eigenvalue weighted by Crippen LogP contribution is 2.16. The van der Waals surface area contributed by atoms with Gasteiger partial charge in [-0.15, -0.1) is 0 Å². The molecule has 0 aliphatic heterocycles. The summed E-state index contributed by atoms with van der Waals surface area (Å²) >= 11 is 0. The third kappa shape index (κ3) is 6.10. The molecule has 0 atom stereocenters. The molecule has 0 saturated heterocycles. The Labute approximate surface area is 151 Å². The number of imidazole rings is 1. The number of hydrogen-bond acceptors (Lipinski definition) is 4. The van der Waals surface area contributed by atoms with E-state index in [0.717, 1.165) is 44.4 Å². The van der Waals surface area contributed by atoms with Gasteiger partial charge in [0, 0.05) is 31.9 Å². The highest BCUT2D eigenvalue weighted by atomic mass is 15.0. The Bertz CT molecular complexity index is 603. The van der Waals surface area contributed by atoms with Gasteiger partial charge in [-0.3, -0.25) is 0 Å². The van der Waals surface area contributed by atoms with E-state index in [1.165, 1.54) is 50.6 Å². The van der Waals surface area contributed by atoms with Gasteiger partial charge in [-0.25, -0.2) is 4.98 Å². The van der Waals surface area contributed by atoms with Gasteiger partial charge in [-0.05, 0) is 50.9 Å². The minimum atomic E-state index is 0.777. The third-order valence-corrected chi connectivity index (χ3v) is 5.10. The fourth-order valence-corrected chi connectivity index (χ4v) is 3.63. The first-order chi connectivity index (χ1) is 12.4. The number of rotatable bonds is 11. The molecule has 138 valence electrons. The lowest BCUT2D eigenvalue weighted by Gasteiger charge is -2.22. The largest absolute Gasteiger partial charge is 0.315 e. The van der Waals surface area contributed by atoms with Gasteiger partial charge in [-0.2, -0.15) is 0 Å². The normalized spacial score (nSPS) is 15.8. The van der Waals surface area contributed by atoms with Crippen molar-refractivity contribution in [2.45, 2.75) is 57.5 Å². The Morgan fingerprint density at radius 3 is 2.68 bits per heavy atom. The summed E-state index contributed by atoms with van der Waals surface area (Å²) in [5.74, 6) is 0. The SMILES string of the molecule is c1ccn2c(CNCCCCNCCNC3CCCCC3)cnc2c1. The average Bonchev–Trinajstić information content (AvgIpc) is 3.07. The number of unbranched alkanes of at least 4 members (excludes halogenated alkanes) is 1. The van der Waals surface area contributed by atoms with Crippen molar-refractivity contribution in [1.82, 2.24) is 25.3 Å². The van der Waals surface area contributed by atoms with Gasteiger partial charge in [0.1, 0.15) is 5.65 Å². The summed E-state index contributed by atoms with van der Waals surface area (Å²) < 4.78 is 2.15. The van der Waals surface area contributed by atoms with E-state index in [2.05, 4.69) is 31.5 Å². The third-order valence-electron chi connectivity index (χ3n) is 5.10. The fourth-order valence-electron chi connectivity index (χ4n) is 3.63. The molecule has 0 aromatic carbocycles. The quantitative estimate of drug-likeness (QED) is 0.549.